The van der Waals surface area contributed by atoms with Gasteiger partial charge in [-0.05, 0) is 74.2 Å². The van der Waals surface area contributed by atoms with Gasteiger partial charge in [0.1, 0.15) is 18.2 Å². The van der Waals surface area contributed by atoms with E-state index in [0.29, 0.717) is 25.8 Å². The van der Waals surface area contributed by atoms with Crippen molar-refractivity contribution in [3.05, 3.63) is 97.7 Å². The third-order valence-electron chi connectivity index (χ3n) is 4.14. The first kappa shape index (κ1) is 20.3. The summed E-state index contributed by atoms with van der Waals surface area (Å²) in [6.45, 7) is 2.12. The molecule has 0 atom stereocenters. The van der Waals surface area contributed by atoms with Crippen molar-refractivity contribution in [2.75, 3.05) is 0 Å². The Morgan fingerprint density at radius 2 is 1.71 bits per heavy atom. The van der Waals surface area contributed by atoms with Crippen LogP contribution in [0.25, 0.3) is 11.6 Å². The molecule has 5 heteroatoms. The van der Waals surface area contributed by atoms with Gasteiger partial charge in [-0.3, -0.25) is 0 Å². The molecule has 0 N–H and O–H groups in total. The number of hydrogen-bond donors (Lipinski definition) is 0. The van der Waals surface area contributed by atoms with Crippen LogP contribution in [0.1, 0.15) is 22.3 Å². The lowest BCUT2D eigenvalue weighted by atomic mass is 10.0. The minimum absolute atomic E-state index is 0.117. The maximum Gasteiger partial charge on any atom is 0.148 e. The minimum atomic E-state index is -0.300. The Balaban J connectivity index is 1.86. The third kappa shape index (κ3) is 4.89. The lowest BCUT2D eigenvalue weighted by Gasteiger charge is -2.12. The fourth-order valence-electron chi connectivity index (χ4n) is 2.65. The van der Waals surface area contributed by atoms with Gasteiger partial charge in [0.15, 0.2) is 0 Å². The molecule has 0 spiro atoms. The van der Waals surface area contributed by atoms with E-state index < -0.39 is 0 Å². The third-order valence-corrected chi connectivity index (χ3v) is 5.32. The standard InChI is InChI=1S/C23H16Br2FNO/c1-15-6-8-17(9-7-15)19(13-27)10-16-11-20(24)23(21(25)12-16)28-14-18-4-2-3-5-22(18)26/h2-12H,14H2,1H3/b19-10-. The van der Waals surface area contributed by atoms with Crippen LogP contribution >= 0.6 is 31.9 Å². The second-order valence-corrected chi connectivity index (χ2v) is 7.94. The second-order valence-electron chi connectivity index (χ2n) is 6.23. The molecule has 140 valence electrons. The SMILES string of the molecule is Cc1ccc(/C(C#N)=C\c2cc(Br)c(OCc3ccccc3F)c(Br)c2)cc1. The number of nitriles is 1. The van der Waals surface area contributed by atoms with E-state index in [1.165, 1.54) is 6.07 Å². The zero-order valence-electron chi connectivity index (χ0n) is 15.0. The van der Waals surface area contributed by atoms with Crippen LogP contribution in [0.15, 0.2) is 69.6 Å². The van der Waals surface area contributed by atoms with Crippen LogP contribution in [-0.2, 0) is 6.61 Å². The average Bonchev–Trinajstić information content (AvgIpc) is 2.67. The lowest BCUT2D eigenvalue weighted by molar-refractivity contribution is 0.296. The van der Waals surface area contributed by atoms with Gasteiger partial charge >= 0.3 is 0 Å². The summed E-state index contributed by atoms with van der Waals surface area (Å²) < 4.78 is 21.0. The van der Waals surface area contributed by atoms with Gasteiger partial charge in [0.2, 0.25) is 0 Å². The molecule has 0 radical (unpaired) electrons. The average molecular weight is 501 g/mol. The first-order valence-electron chi connectivity index (χ1n) is 8.52. The number of allylic oxidation sites excluding steroid dienone is 1. The first-order chi connectivity index (χ1) is 13.5. The van der Waals surface area contributed by atoms with Crippen molar-refractivity contribution < 1.29 is 9.13 Å². The Hall–Kier alpha value is -2.42. The molecule has 3 rings (SSSR count). The van der Waals surface area contributed by atoms with Crippen LogP contribution in [0.5, 0.6) is 5.75 Å². The zero-order valence-corrected chi connectivity index (χ0v) is 18.2. The molecule has 0 aromatic heterocycles. The van der Waals surface area contributed by atoms with E-state index in [1.54, 1.807) is 18.2 Å². The number of hydrogen-bond acceptors (Lipinski definition) is 2. The maximum atomic E-state index is 13.8. The molecular weight excluding hydrogens is 485 g/mol. The van der Waals surface area contributed by atoms with E-state index >= 15 is 0 Å². The van der Waals surface area contributed by atoms with E-state index in [4.69, 9.17) is 4.74 Å². The molecule has 0 saturated carbocycles. The van der Waals surface area contributed by atoms with Crippen LogP contribution in [0, 0.1) is 24.1 Å². The molecular formula is C23H16Br2FNO. The molecule has 0 aliphatic carbocycles. The topological polar surface area (TPSA) is 33.0 Å². The van der Waals surface area contributed by atoms with E-state index in [2.05, 4.69) is 37.9 Å². The highest BCUT2D eigenvalue weighted by molar-refractivity contribution is 9.11. The summed E-state index contributed by atoms with van der Waals surface area (Å²) in [5.41, 5.74) is 3.90. The highest BCUT2D eigenvalue weighted by Gasteiger charge is 2.11. The first-order valence-corrected chi connectivity index (χ1v) is 10.1. The van der Waals surface area contributed by atoms with Crippen LogP contribution < -0.4 is 4.74 Å². The largest absolute Gasteiger partial charge is 0.486 e. The highest BCUT2D eigenvalue weighted by atomic mass is 79.9. The van der Waals surface area contributed by atoms with Crippen LogP contribution in [0.4, 0.5) is 4.39 Å². The second kappa shape index (κ2) is 9.18. The Kier molecular flexibility index (Phi) is 6.66. The van der Waals surface area contributed by atoms with E-state index in [-0.39, 0.29) is 12.4 Å². The Labute approximate surface area is 180 Å². The van der Waals surface area contributed by atoms with Crippen LogP contribution in [-0.4, -0.2) is 0 Å². The predicted molar refractivity (Wildman–Crippen MR) is 117 cm³/mol. The summed E-state index contributed by atoms with van der Waals surface area (Å²) in [5.74, 6) is 0.278. The number of benzene rings is 3. The summed E-state index contributed by atoms with van der Waals surface area (Å²) >= 11 is 7.01. The van der Waals surface area contributed by atoms with Crippen molar-refractivity contribution >= 4 is 43.5 Å². The van der Waals surface area contributed by atoms with Gasteiger partial charge in [-0.1, -0.05) is 48.0 Å². The molecule has 0 aliphatic rings. The summed E-state index contributed by atoms with van der Waals surface area (Å²) in [5, 5.41) is 9.54. The van der Waals surface area contributed by atoms with Crippen molar-refractivity contribution in [2.45, 2.75) is 13.5 Å². The molecule has 3 aromatic carbocycles. The number of ether oxygens (including phenoxy) is 1. The number of rotatable bonds is 5. The van der Waals surface area contributed by atoms with E-state index in [9.17, 15) is 9.65 Å². The van der Waals surface area contributed by atoms with Crippen LogP contribution in [0.2, 0.25) is 0 Å². The Bertz CT molecular complexity index is 1050. The summed E-state index contributed by atoms with van der Waals surface area (Å²) in [6.07, 6.45) is 1.82. The molecule has 0 unspecified atom stereocenters. The van der Waals surface area contributed by atoms with Crippen molar-refractivity contribution in [1.82, 2.24) is 0 Å². The van der Waals surface area contributed by atoms with Gasteiger partial charge < -0.3 is 4.74 Å². The van der Waals surface area contributed by atoms with Gasteiger partial charge in [-0.25, -0.2) is 4.39 Å². The quantitative estimate of drug-likeness (QED) is 0.272. The summed E-state index contributed by atoms with van der Waals surface area (Å²) in [7, 11) is 0. The van der Waals surface area contributed by atoms with Crippen molar-refractivity contribution in [3.8, 4) is 11.8 Å². The van der Waals surface area contributed by atoms with Gasteiger partial charge in [0, 0.05) is 5.56 Å². The predicted octanol–water partition coefficient (Wildman–Crippen LogP) is 7.30. The van der Waals surface area contributed by atoms with Gasteiger partial charge in [-0.15, -0.1) is 0 Å². The van der Waals surface area contributed by atoms with Crippen molar-refractivity contribution in [1.29, 1.82) is 5.26 Å². The summed E-state index contributed by atoms with van der Waals surface area (Å²) in [6, 6.07) is 20.3. The Morgan fingerprint density at radius 1 is 1.07 bits per heavy atom. The molecule has 0 amide bonds. The fourth-order valence-corrected chi connectivity index (χ4v) is 4.10. The van der Waals surface area contributed by atoms with E-state index in [0.717, 1.165) is 16.7 Å². The molecule has 3 aromatic rings. The minimum Gasteiger partial charge on any atom is -0.486 e. The smallest absolute Gasteiger partial charge is 0.148 e. The maximum absolute atomic E-state index is 13.8. The fraction of sp³-hybridized carbons (Fsp3) is 0.0870. The molecule has 0 heterocycles. The Morgan fingerprint density at radius 3 is 2.32 bits per heavy atom. The molecule has 2 nitrogen and oxygen atoms in total. The molecule has 0 saturated heterocycles. The van der Waals surface area contributed by atoms with Gasteiger partial charge in [-0.2, -0.15) is 5.26 Å². The van der Waals surface area contributed by atoms with E-state index in [1.807, 2.05) is 49.4 Å². The highest BCUT2D eigenvalue weighted by Crippen LogP contribution is 2.36. The zero-order chi connectivity index (χ0) is 20.1. The molecule has 0 fully saturated rings. The summed E-state index contributed by atoms with van der Waals surface area (Å²) in [4.78, 5) is 0. The van der Waals surface area contributed by atoms with Gasteiger partial charge in [0.25, 0.3) is 0 Å². The van der Waals surface area contributed by atoms with Crippen molar-refractivity contribution in [2.24, 2.45) is 0 Å². The number of halogens is 3. The van der Waals surface area contributed by atoms with Crippen molar-refractivity contribution in [3.63, 3.8) is 0 Å². The molecule has 28 heavy (non-hydrogen) atoms. The van der Waals surface area contributed by atoms with Crippen LogP contribution in [0.3, 0.4) is 0 Å². The number of aryl methyl sites for hydroxylation is 1. The molecule has 0 bridgehead atoms. The lowest BCUT2D eigenvalue weighted by Crippen LogP contribution is -1.99. The van der Waals surface area contributed by atoms with Gasteiger partial charge in [0.05, 0.1) is 20.6 Å². The number of nitrogens with zero attached hydrogens (tertiary/aromatic N) is 1. The normalized spacial score (nSPS) is 11.2. The monoisotopic (exact) mass is 499 g/mol. The molecule has 0 aliphatic heterocycles.